The zero-order valence-corrected chi connectivity index (χ0v) is 16.2. The summed E-state index contributed by atoms with van der Waals surface area (Å²) >= 11 is 0. The number of carbonyl (C=O) groups excluding carboxylic acids is 1. The lowest BCUT2D eigenvalue weighted by Gasteiger charge is -2.29. The third-order valence-electron chi connectivity index (χ3n) is 4.97. The molecule has 2 aliphatic heterocycles. The molecule has 2 aliphatic rings. The van der Waals surface area contributed by atoms with Gasteiger partial charge in [0.25, 0.3) is 5.91 Å². The Labute approximate surface area is 170 Å². The molecule has 1 atom stereocenters. The van der Waals surface area contributed by atoms with Gasteiger partial charge in [-0.05, 0) is 60.3 Å². The highest BCUT2D eigenvalue weighted by Crippen LogP contribution is 2.20. The molecule has 29 heavy (non-hydrogen) atoms. The van der Waals surface area contributed by atoms with Crippen LogP contribution < -0.4 is 20.9 Å². The van der Waals surface area contributed by atoms with Crippen molar-refractivity contribution in [2.45, 2.75) is 12.7 Å². The lowest BCUT2D eigenvalue weighted by molar-refractivity contribution is -0.113. The normalized spacial score (nSPS) is 18.7. The lowest BCUT2D eigenvalue weighted by atomic mass is 10.1. The first kappa shape index (κ1) is 19.2. The smallest absolute Gasteiger partial charge is 0.255 e. The van der Waals surface area contributed by atoms with Gasteiger partial charge in [0.05, 0.1) is 18.8 Å². The molecule has 0 saturated carbocycles. The van der Waals surface area contributed by atoms with Crippen LogP contribution in [0.4, 0.5) is 11.4 Å². The standard InChI is InChI=1S/C22H25N5O2/c28-22(26-18-3-5-19(6-4-18)27-12-14-29-15-13-27)20-2-1-9-24-21(20)25-16-17-7-10-23-11-8-17/h1-11,21,24-25H,12-16H2,(H,26,28). The van der Waals surface area contributed by atoms with Crippen molar-refractivity contribution < 1.29 is 9.53 Å². The molecule has 4 rings (SSSR count). The number of ether oxygens (including phenoxy) is 1. The van der Waals surface area contributed by atoms with E-state index >= 15 is 0 Å². The van der Waals surface area contributed by atoms with Crippen molar-refractivity contribution in [1.82, 2.24) is 15.6 Å². The van der Waals surface area contributed by atoms with Gasteiger partial charge in [-0.3, -0.25) is 15.1 Å². The summed E-state index contributed by atoms with van der Waals surface area (Å²) in [6.45, 7) is 3.91. The molecular weight excluding hydrogens is 366 g/mol. The Morgan fingerprint density at radius 2 is 1.90 bits per heavy atom. The Bertz CT molecular complexity index is 874. The van der Waals surface area contributed by atoms with E-state index in [1.54, 1.807) is 12.4 Å². The third kappa shape index (κ3) is 5.01. The molecule has 2 aromatic rings. The summed E-state index contributed by atoms with van der Waals surface area (Å²) in [4.78, 5) is 19.2. The maximum absolute atomic E-state index is 12.8. The number of hydrogen-bond donors (Lipinski definition) is 3. The number of hydrogen-bond acceptors (Lipinski definition) is 6. The summed E-state index contributed by atoms with van der Waals surface area (Å²) in [5.41, 5.74) is 3.66. The number of nitrogens with zero attached hydrogens (tertiary/aromatic N) is 2. The lowest BCUT2D eigenvalue weighted by Crippen LogP contribution is -2.45. The highest BCUT2D eigenvalue weighted by Gasteiger charge is 2.21. The summed E-state index contributed by atoms with van der Waals surface area (Å²) in [5.74, 6) is -0.131. The summed E-state index contributed by atoms with van der Waals surface area (Å²) < 4.78 is 5.40. The van der Waals surface area contributed by atoms with Crippen LogP contribution >= 0.6 is 0 Å². The number of anilines is 2. The molecule has 0 bridgehead atoms. The summed E-state index contributed by atoms with van der Waals surface area (Å²) in [5, 5.41) is 9.57. The van der Waals surface area contributed by atoms with Gasteiger partial charge < -0.3 is 20.3 Å². The van der Waals surface area contributed by atoms with E-state index in [0.717, 1.165) is 43.2 Å². The van der Waals surface area contributed by atoms with Gasteiger partial charge in [0.15, 0.2) is 0 Å². The van der Waals surface area contributed by atoms with Crippen molar-refractivity contribution in [3.8, 4) is 0 Å². The second kappa shape index (κ2) is 9.36. The van der Waals surface area contributed by atoms with E-state index in [9.17, 15) is 4.79 Å². The molecule has 1 fully saturated rings. The van der Waals surface area contributed by atoms with Crippen LogP contribution in [0.15, 0.2) is 72.7 Å². The van der Waals surface area contributed by atoms with Crippen LogP contribution in [0.1, 0.15) is 5.56 Å². The number of nitrogens with one attached hydrogen (secondary N) is 3. The number of carbonyl (C=O) groups is 1. The number of amides is 1. The van der Waals surface area contributed by atoms with Crippen LogP contribution in [0.3, 0.4) is 0 Å². The average Bonchev–Trinajstić information content (AvgIpc) is 2.80. The molecule has 0 aliphatic carbocycles. The van der Waals surface area contributed by atoms with Crippen molar-refractivity contribution in [2.75, 3.05) is 36.5 Å². The van der Waals surface area contributed by atoms with Crippen LogP contribution in [-0.4, -0.2) is 43.4 Å². The molecule has 3 heterocycles. The van der Waals surface area contributed by atoms with E-state index in [4.69, 9.17) is 4.74 Å². The highest BCUT2D eigenvalue weighted by atomic mass is 16.5. The number of allylic oxidation sites excluding steroid dienone is 2. The van der Waals surface area contributed by atoms with Gasteiger partial charge in [0, 0.05) is 43.4 Å². The molecule has 1 aromatic carbocycles. The molecule has 150 valence electrons. The predicted molar refractivity (Wildman–Crippen MR) is 113 cm³/mol. The van der Waals surface area contributed by atoms with E-state index in [0.29, 0.717) is 12.1 Å². The Morgan fingerprint density at radius 1 is 1.14 bits per heavy atom. The topological polar surface area (TPSA) is 78.5 Å². The largest absolute Gasteiger partial charge is 0.378 e. The van der Waals surface area contributed by atoms with Gasteiger partial charge in [-0.15, -0.1) is 0 Å². The molecule has 0 spiro atoms. The molecule has 1 unspecified atom stereocenters. The number of aromatic nitrogens is 1. The SMILES string of the molecule is O=C(Nc1ccc(N2CCOCC2)cc1)C1=CC=CNC1NCc1ccncc1. The molecule has 7 nitrogen and oxygen atoms in total. The summed E-state index contributed by atoms with van der Waals surface area (Å²) in [6, 6.07) is 11.8. The average molecular weight is 391 g/mol. The first-order valence-electron chi connectivity index (χ1n) is 9.79. The van der Waals surface area contributed by atoms with Crippen molar-refractivity contribution in [1.29, 1.82) is 0 Å². The van der Waals surface area contributed by atoms with E-state index in [1.807, 2.05) is 54.8 Å². The van der Waals surface area contributed by atoms with Gasteiger partial charge in [0.1, 0.15) is 6.17 Å². The number of rotatable bonds is 6. The summed E-state index contributed by atoms with van der Waals surface area (Å²) in [7, 11) is 0. The maximum Gasteiger partial charge on any atom is 0.255 e. The summed E-state index contributed by atoms with van der Waals surface area (Å²) in [6.07, 6.45) is 8.75. The number of pyridine rings is 1. The third-order valence-corrected chi connectivity index (χ3v) is 4.97. The Balaban J connectivity index is 1.37. The highest BCUT2D eigenvalue weighted by molar-refractivity contribution is 6.05. The van der Waals surface area contributed by atoms with Gasteiger partial charge >= 0.3 is 0 Å². The molecule has 0 radical (unpaired) electrons. The van der Waals surface area contributed by atoms with Crippen molar-refractivity contribution in [2.24, 2.45) is 0 Å². The minimum absolute atomic E-state index is 0.131. The van der Waals surface area contributed by atoms with Crippen LogP contribution in [0.2, 0.25) is 0 Å². The minimum Gasteiger partial charge on any atom is -0.378 e. The van der Waals surface area contributed by atoms with Gasteiger partial charge in [-0.1, -0.05) is 0 Å². The fraction of sp³-hybridized carbons (Fsp3) is 0.273. The Kier molecular flexibility index (Phi) is 6.19. The Morgan fingerprint density at radius 3 is 2.66 bits per heavy atom. The van der Waals surface area contributed by atoms with E-state index < -0.39 is 0 Å². The van der Waals surface area contributed by atoms with E-state index in [1.165, 1.54) is 0 Å². The molecule has 3 N–H and O–H groups in total. The molecule has 1 amide bonds. The fourth-order valence-corrected chi connectivity index (χ4v) is 3.37. The van der Waals surface area contributed by atoms with Crippen molar-refractivity contribution in [3.05, 3.63) is 78.3 Å². The minimum atomic E-state index is -0.263. The predicted octanol–water partition coefficient (Wildman–Crippen LogP) is 2.02. The second-order valence-electron chi connectivity index (χ2n) is 6.92. The first-order valence-corrected chi connectivity index (χ1v) is 9.79. The monoisotopic (exact) mass is 391 g/mol. The van der Waals surface area contributed by atoms with Gasteiger partial charge in [0.2, 0.25) is 0 Å². The molecule has 1 saturated heterocycles. The number of dihydropyridines is 1. The zero-order chi connectivity index (χ0) is 19.9. The van der Waals surface area contributed by atoms with Gasteiger partial charge in [-0.2, -0.15) is 0 Å². The fourth-order valence-electron chi connectivity index (χ4n) is 3.37. The van der Waals surface area contributed by atoms with Crippen molar-refractivity contribution in [3.63, 3.8) is 0 Å². The number of benzene rings is 1. The molecule has 1 aromatic heterocycles. The molecular formula is C22H25N5O2. The first-order chi connectivity index (χ1) is 14.3. The van der Waals surface area contributed by atoms with Gasteiger partial charge in [-0.25, -0.2) is 0 Å². The van der Waals surface area contributed by atoms with Crippen LogP contribution in [-0.2, 0) is 16.1 Å². The maximum atomic E-state index is 12.8. The van der Waals surface area contributed by atoms with Crippen LogP contribution in [0.5, 0.6) is 0 Å². The van der Waals surface area contributed by atoms with Crippen molar-refractivity contribution >= 4 is 17.3 Å². The second-order valence-corrected chi connectivity index (χ2v) is 6.92. The van der Waals surface area contributed by atoms with Crippen LogP contribution in [0, 0.1) is 0 Å². The zero-order valence-electron chi connectivity index (χ0n) is 16.2. The van der Waals surface area contributed by atoms with Crippen LogP contribution in [0.25, 0.3) is 0 Å². The molecule has 7 heteroatoms. The van der Waals surface area contributed by atoms with E-state index in [2.05, 4.69) is 25.8 Å². The Hall–Kier alpha value is -3.16. The van der Waals surface area contributed by atoms with E-state index in [-0.39, 0.29) is 12.1 Å². The number of morpholine rings is 1. The quantitative estimate of drug-likeness (QED) is 0.699.